The van der Waals surface area contributed by atoms with Gasteiger partial charge in [0.15, 0.2) is 11.7 Å². The highest BCUT2D eigenvalue weighted by molar-refractivity contribution is 7.80. The largest absolute Gasteiger partial charge is 0.493 e. The van der Waals surface area contributed by atoms with Crippen molar-refractivity contribution in [2.45, 2.75) is 20.3 Å². The summed E-state index contributed by atoms with van der Waals surface area (Å²) in [6, 6.07) is 13.7. The Morgan fingerprint density at radius 2 is 1.67 bits per heavy atom. The predicted octanol–water partition coefficient (Wildman–Crippen LogP) is 3.48. The zero-order valence-electron chi connectivity index (χ0n) is 16.7. The lowest BCUT2D eigenvalue weighted by molar-refractivity contribution is -0.123. The second-order valence-corrected chi connectivity index (χ2v) is 7.52. The number of benzene rings is 2. The number of nitrogens with one attached hydrogen (secondary N) is 3. The Kier molecular flexibility index (Phi) is 9.37. The second kappa shape index (κ2) is 12.0. The van der Waals surface area contributed by atoms with E-state index in [2.05, 4.69) is 30.0 Å². The van der Waals surface area contributed by atoms with E-state index in [0.717, 1.165) is 6.42 Å². The number of rotatable bonds is 8. The van der Waals surface area contributed by atoms with E-state index in [0.29, 0.717) is 34.6 Å². The van der Waals surface area contributed by atoms with Crippen LogP contribution in [0.4, 0.5) is 0 Å². The Balaban J connectivity index is 1.80. The Hall–Kier alpha value is -2.84. The quantitative estimate of drug-likeness (QED) is 0.422. The molecule has 0 radical (unpaired) electrons. The van der Waals surface area contributed by atoms with Gasteiger partial charge < -0.3 is 9.47 Å². The molecule has 2 rings (SSSR count). The van der Waals surface area contributed by atoms with E-state index < -0.39 is 11.8 Å². The molecular formula is C21H24ClN3O4S. The van der Waals surface area contributed by atoms with Crippen LogP contribution in [0, 0.1) is 5.92 Å². The van der Waals surface area contributed by atoms with Crippen molar-refractivity contribution < 1.29 is 19.1 Å². The lowest BCUT2D eigenvalue weighted by Crippen LogP contribution is -2.49. The highest BCUT2D eigenvalue weighted by Crippen LogP contribution is 2.22. The van der Waals surface area contributed by atoms with Gasteiger partial charge in [-0.3, -0.25) is 25.8 Å². The second-order valence-electron chi connectivity index (χ2n) is 6.70. The van der Waals surface area contributed by atoms with Gasteiger partial charge in [0.2, 0.25) is 0 Å². The zero-order valence-corrected chi connectivity index (χ0v) is 18.3. The van der Waals surface area contributed by atoms with Crippen LogP contribution in [0.5, 0.6) is 11.5 Å². The molecule has 0 heterocycles. The molecule has 0 saturated heterocycles. The molecular weight excluding hydrogens is 426 g/mol. The van der Waals surface area contributed by atoms with E-state index in [1.807, 2.05) is 0 Å². The molecule has 0 fully saturated rings. The first-order chi connectivity index (χ1) is 14.4. The van der Waals surface area contributed by atoms with Crippen LogP contribution in [-0.2, 0) is 4.79 Å². The molecule has 0 aromatic heterocycles. The minimum absolute atomic E-state index is 0.0666. The van der Waals surface area contributed by atoms with Gasteiger partial charge in [-0.1, -0.05) is 49.7 Å². The summed E-state index contributed by atoms with van der Waals surface area (Å²) in [4.78, 5) is 24.4. The fourth-order valence-electron chi connectivity index (χ4n) is 2.25. The van der Waals surface area contributed by atoms with Crippen molar-refractivity contribution in [1.82, 2.24) is 16.2 Å². The minimum Gasteiger partial charge on any atom is -0.493 e. The van der Waals surface area contributed by atoms with Crippen LogP contribution in [0.1, 0.15) is 30.6 Å². The minimum atomic E-state index is -0.496. The summed E-state index contributed by atoms with van der Waals surface area (Å²) in [6.45, 7) is 4.42. The molecule has 9 heteroatoms. The van der Waals surface area contributed by atoms with Crippen LogP contribution in [0.15, 0.2) is 48.5 Å². The van der Waals surface area contributed by atoms with Crippen molar-refractivity contribution in [3.63, 3.8) is 0 Å². The monoisotopic (exact) mass is 449 g/mol. The lowest BCUT2D eigenvalue weighted by atomic mass is 10.1. The SMILES string of the molecule is CC(C)CCOc1ccccc1C(=O)NC(=S)NNC(=O)COc1ccccc1Cl. The molecule has 2 amide bonds. The molecule has 0 aliphatic heterocycles. The van der Waals surface area contributed by atoms with Crippen molar-refractivity contribution in [2.75, 3.05) is 13.2 Å². The molecule has 0 spiro atoms. The molecule has 30 heavy (non-hydrogen) atoms. The van der Waals surface area contributed by atoms with Crippen molar-refractivity contribution in [2.24, 2.45) is 5.92 Å². The Bertz CT molecular complexity index is 892. The topological polar surface area (TPSA) is 88.7 Å². The fraction of sp³-hybridized carbons (Fsp3) is 0.286. The summed E-state index contributed by atoms with van der Waals surface area (Å²) in [5.74, 6) is 0.404. The van der Waals surface area contributed by atoms with Crippen LogP contribution >= 0.6 is 23.8 Å². The third kappa shape index (κ3) is 7.88. The molecule has 0 saturated carbocycles. The number of hydrazine groups is 1. The predicted molar refractivity (Wildman–Crippen MR) is 120 cm³/mol. The summed E-state index contributed by atoms with van der Waals surface area (Å²) >= 11 is 11.0. The first-order valence-corrected chi connectivity index (χ1v) is 10.1. The van der Waals surface area contributed by atoms with Gasteiger partial charge in [-0.15, -0.1) is 0 Å². The van der Waals surface area contributed by atoms with E-state index in [1.165, 1.54) is 0 Å². The van der Waals surface area contributed by atoms with E-state index >= 15 is 0 Å². The molecule has 160 valence electrons. The average molecular weight is 450 g/mol. The molecule has 2 aromatic rings. The smallest absolute Gasteiger partial charge is 0.276 e. The summed E-state index contributed by atoms with van der Waals surface area (Å²) in [5.41, 5.74) is 5.15. The van der Waals surface area contributed by atoms with Crippen molar-refractivity contribution in [1.29, 1.82) is 0 Å². The number of carbonyl (C=O) groups excluding carboxylic acids is 2. The third-order valence-electron chi connectivity index (χ3n) is 3.82. The lowest BCUT2D eigenvalue weighted by Gasteiger charge is -2.14. The van der Waals surface area contributed by atoms with Crippen LogP contribution in [0.2, 0.25) is 5.02 Å². The number of carbonyl (C=O) groups is 2. The Morgan fingerprint density at radius 3 is 2.37 bits per heavy atom. The van der Waals surface area contributed by atoms with Gasteiger partial charge in [0, 0.05) is 0 Å². The number of para-hydroxylation sites is 2. The highest BCUT2D eigenvalue weighted by atomic mass is 35.5. The van der Waals surface area contributed by atoms with Crippen molar-refractivity contribution in [3.05, 3.63) is 59.1 Å². The number of hydrogen-bond donors (Lipinski definition) is 3. The molecule has 0 atom stereocenters. The van der Waals surface area contributed by atoms with Crippen molar-refractivity contribution in [3.8, 4) is 11.5 Å². The van der Waals surface area contributed by atoms with E-state index in [1.54, 1.807) is 48.5 Å². The molecule has 0 aliphatic rings. The Labute approximate surface area is 186 Å². The van der Waals surface area contributed by atoms with Crippen LogP contribution in [0.25, 0.3) is 0 Å². The van der Waals surface area contributed by atoms with Gasteiger partial charge in [-0.05, 0) is 48.8 Å². The third-order valence-corrected chi connectivity index (χ3v) is 4.34. The summed E-state index contributed by atoms with van der Waals surface area (Å²) in [6.07, 6.45) is 0.873. The van der Waals surface area contributed by atoms with Crippen LogP contribution in [-0.4, -0.2) is 30.1 Å². The number of halogens is 1. The fourth-order valence-corrected chi connectivity index (χ4v) is 2.59. The number of amides is 2. The first kappa shape index (κ1) is 23.4. The average Bonchev–Trinajstić information content (AvgIpc) is 2.71. The first-order valence-electron chi connectivity index (χ1n) is 9.36. The highest BCUT2D eigenvalue weighted by Gasteiger charge is 2.14. The standard InChI is InChI=1S/C21H24ClN3O4S/c1-14(2)11-12-28-17-9-5-3-7-15(17)20(27)23-21(30)25-24-19(26)13-29-18-10-6-4-8-16(18)22/h3-10,14H,11-13H2,1-2H3,(H,24,26)(H2,23,25,27,30). The van der Waals surface area contributed by atoms with Gasteiger partial charge in [-0.2, -0.15) is 0 Å². The van der Waals surface area contributed by atoms with Crippen molar-refractivity contribution >= 4 is 40.7 Å². The van der Waals surface area contributed by atoms with Gasteiger partial charge >= 0.3 is 0 Å². The molecule has 2 aromatic carbocycles. The zero-order chi connectivity index (χ0) is 21.9. The molecule has 0 aliphatic carbocycles. The summed E-state index contributed by atoms with van der Waals surface area (Å²) in [7, 11) is 0. The van der Waals surface area contributed by atoms with E-state index in [9.17, 15) is 9.59 Å². The number of thiocarbonyl (C=S) groups is 1. The van der Waals surface area contributed by atoms with E-state index in [4.69, 9.17) is 33.3 Å². The number of hydrogen-bond acceptors (Lipinski definition) is 5. The van der Waals surface area contributed by atoms with E-state index in [-0.39, 0.29) is 11.7 Å². The summed E-state index contributed by atoms with van der Waals surface area (Å²) in [5, 5.41) is 2.83. The maximum atomic E-state index is 12.5. The van der Waals surface area contributed by atoms with Gasteiger partial charge in [0.25, 0.3) is 11.8 Å². The van der Waals surface area contributed by atoms with Gasteiger partial charge in [-0.25, -0.2) is 0 Å². The van der Waals surface area contributed by atoms with Crippen LogP contribution in [0.3, 0.4) is 0 Å². The number of ether oxygens (including phenoxy) is 2. The molecule has 7 nitrogen and oxygen atoms in total. The summed E-state index contributed by atoms with van der Waals surface area (Å²) < 4.78 is 11.0. The van der Waals surface area contributed by atoms with Gasteiger partial charge in [0.05, 0.1) is 17.2 Å². The van der Waals surface area contributed by atoms with Gasteiger partial charge in [0.1, 0.15) is 11.5 Å². The maximum Gasteiger partial charge on any atom is 0.276 e. The maximum absolute atomic E-state index is 12.5. The Morgan fingerprint density at radius 1 is 1.00 bits per heavy atom. The molecule has 3 N–H and O–H groups in total. The normalized spacial score (nSPS) is 10.3. The molecule has 0 bridgehead atoms. The molecule has 0 unspecified atom stereocenters. The van der Waals surface area contributed by atoms with Crippen LogP contribution < -0.4 is 25.6 Å².